The number of aliphatic imine (C=N–C) groups is 1. The second-order valence-electron chi connectivity index (χ2n) is 5.76. The Morgan fingerprint density at radius 3 is 2.56 bits per heavy atom. The molecule has 0 atom stereocenters. The summed E-state index contributed by atoms with van der Waals surface area (Å²) >= 11 is 7.57. The molecule has 0 radical (unpaired) electrons. The molecule has 0 bridgehead atoms. The summed E-state index contributed by atoms with van der Waals surface area (Å²) in [5, 5.41) is 3.88. The minimum Gasteiger partial charge on any atom is -0.370 e. The number of rotatable bonds is 5. The molecule has 136 valence electrons. The highest BCUT2D eigenvalue weighted by Gasteiger charge is 2.19. The normalized spacial score (nSPS) is 15.2. The number of aryl methyl sites for hydroxylation is 1. The lowest BCUT2D eigenvalue weighted by Gasteiger charge is -2.35. The third kappa shape index (κ3) is 6.00. The van der Waals surface area contributed by atoms with E-state index in [4.69, 9.17) is 17.3 Å². The number of aromatic nitrogens is 1. The van der Waals surface area contributed by atoms with Crippen molar-refractivity contribution < 1.29 is 0 Å². The molecule has 0 aliphatic carbocycles. The van der Waals surface area contributed by atoms with Crippen molar-refractivity contribution in [1.29, 1.82) is 0 Å². The van der Waals surface area contributed by atoms with Gasteiger partial charge in [-0.3, -0.25) is 4.99 Å². The van der Waals surface area contributed by atoms with Crippen LogP contribution in [0.2, 0.25) is 5.02 Å². The summed E-state index contributed by atoms with van der Waals surface area (Å²) in [6.07, 6.45) is 3.83. The molecule has 1 aliphatic heterocycles. The van der Waals surface area contributed by atoms with Gasteiger partial charge in [0.05, 0.1) is 0 Å². The van der Waals surface area contributed by atoms with E-state index in [9.17, 15) is 0 Å². The van der Waals surface area contributed by atoms with E-state index in [1.807, 2.05) is 23.7 Å². The summed E-state index contributed by atoms with van der Waals surface area (Å²) in [5.74, 6) is 0.657. The molecular formula is C17H23ClIN5S. The Morgan fingerprint density at radius 2 is 1.92 bits per heavy atom. The molecule has 3 rings (SSSR count). The Morgan fingerprint density at radius 1 is 1.20 bits per heavy atom. The van der Waals surface area contributed by atoms with Crippen LogP contribution in [0.3, 0.4) is 0 Å². The van der Waals surface area contributed by atoms with Gasteiger partial charge in [0, 0.05) is 49.3 Å². The maximum atomic E-state index is 6.14. The third-order valence-electron chi connectivity index (χ3n) is 4.10. The molecule has 2 N–H and O–H groups in total. The van der Waals surface area contributed by atoms with Crippen molar-refractivity contribution in [1.82, 2.24) is 9.88 Å². The number of nitrogens with zero attached hydrogens (tertiary/aromatic N) is 4. The van der Waals surface area contributed by atoms with E-state index >= 15 is 0 Å². The summed E-state index contributed by atoms with van der Waals surface area (Å²) in [4.78, 5) is 13.4. The molecule has 25 heavy (non-hydrogen) atoms. The van der Waals surface area contributed by atoms with E-state index in [0.717, 1.165) is 55.7 Å². The van der Waals surface area contributed by atoms with Crippen LogP contribution in [-0.2, 0) is 6.42 Å². The van der Waals surface area contributed by atoms with Crippen molar-refractivity contribution in [3.05, 3.63) is 46.4 Å². The van der Waals surface area contributed by atoms with Crippen molar-refractivity contribution in [2.45, 2.75) is 12.8 Å². The Balaban J connectivity index is 0.00000225. The molecule has 0 spiro atoms. The molecule has 1 fully saturated rings. The van der Waals surface area contributed by atoms with Crippen LogP contribution in [0.1, 0.15) is 12.0 Å². The van der Waals surface area contributed by atoms with Gasteiger partial charge in [0.25, 0.3) is 0 Å². The Hall–Kier alpha value is -1.06. The highest BCUT2D eigenvalue weighted by atomic mass is 127. The van der Waals surface area contributed by atoms with E-state index in [0.29, 0.717) is 5.96 Å². The van der Waals surface area contributed by atoms with Gasteiger partial charge in [0.15, 0.2) is 11.1 Å². The van der Waals surface area contributed by atoms with E-state index in [-0.39, 0.29) is 24.0 Å². The number of nitrogens with two attached hydrogens (primary N) is 1. The number of hydrogen-bond acceptors (Lipinski definition) is 4. The van der Waals surface area contributed by atoms with Gasteiger partial charge in [-0.25, -0.2) is 4.98 Å². The number of hydrogen-bond donors (Lipinski definition) is 1. The first-order valence-electron chi connectivity index (χ1n) is 8.16. The minimum atomic E-state index is 0. The molecule has 0 unspecified atom stereocenters. The Kier molecular flexibility index (Phi) is 8.25. The largest absolute Gasteiger partial charge is 0.370 e. The monoisotopic (exact) mass is 491 g/mol. The molecule has 2 aromatic rings. The van der Waals surface area contributed by atoms with Crippen molar-refractivity contribution in [2.75, 3.05) is 37.6 Å². The quantitative estimate of drug-likeness (QED) is 0.301. The van der Waals surface area contributed by atoms with Crippen molar-refractivity contribution in [3.8, 4) is 0 Å². The average molecular weight is 492 g/mol. The van der Waals surface area contributed by atoms with Crippen LogP contribution >= 0.6 is 46.9 Å². The van der Waals surface area contributed by atoms with Gasteiger partial charge in [0.2, 0.25) is 0 Å². The van der Waals surface area contributed by atoms with Crippen molar-refractivity contribution in [2.24, 2.45) is 10.7 Å². The lowest BCUT2D eigenvalue weighted by Crippen LogP contribution is -2.51. The van der Waals surface area contributed by atoms with Crippen molar-refractivity contribution in [3.63, 3.8) is 0 Å². The van der Waals surface area contributed by atoms with Crippen LogP contribution < -0.4 is 10.6 Å². The Labute approximate surface area is 174 Å². The number of anilines is 1. The van der Waals surface area contributed by atoms with Gasteiger partial charge in [-0.2, -0.15) is 0 Å². The van der Waals surface area contributed by atoms with Crippen LogP contribution in [0.4, 0.5) is 5.13 Å². The maximum Gasteiger partial charge on any atom is 0.191 e. The molecule has 2 heterocycles. The smallest absolute Gasteiger partial charge is 0.191 e. The standard InChI is InChI=1S/C17H22ClN5S.HI/c18-15-5-3-14(4-6-15)2-1-7-20-16(19)22-9-11-23(12-10-22)17-21-8-13-24-17;/h3-6,8,13H,1-2,7,9-12H2,(H2,19,20);1H. The zero-order chi connectivity index (χ0) is 16.8. The maximum absolute atomic E-state index is 6.14. The second-order valence-corrected chi connectivity index (χ2v) is 7.07. The number of guanidine groups is 1. The first kappa shape index (κ1) is 20.3. The molecule has 1 saturated heterocycles. The fraction of sp³-hybridized carbons (Fsp3) is 0.412. The van der Waals surface area contributed by atoms with E-state index < -0.39 is 0 Å². The van der Waals surface area contributed by atoms with Crippen LogP contribution in [0.5, 0.6) is 0 Å². The molecule has 1 aromatic heterocycles. The zero-order valence-electron chi connectivity index (χ0n) is 14.0. The highest BCUT2D eigenvalue weighted by Crippen LogP contribution is 2.18. The number of piperazine rings is 1. The van der Waals surface area contributed by atoms with Gasteiger partial charge >= 0.3 is 0 Å². The Bertz CT molecular complexity index is 654. The molecule has 0 saturated carbocycles. The van der Waals surface area contributed by atoms with Crippen LogP contribution in [0.15, 0.2) is 40.8 Å². The average Bonchev–Trinajstić information content (AvgIpc) is 3.15. The van der Waals surface area contributed by atoms with Crippen LogP contribution in [-0.4, -0.2) is 48.6 Å². The summed E-state index contributed by atoms with van der Waals surface area (Å²) in [6, 6.07) is 7.98. The van der Waals surface area contributed by atoms with Crippen LogP contribution in [0, 0.1) is 0 Å². The van der Waals surface area contributed by atoms with Gasteiger partial charge in [-0.15, -0.1) is 35.3 Å². The predicted octanol–water partition coefficient (Wildman–Crippen LogP) is 3.48. The van der Waals surface area contributed by atoms with Gasteiger partial charge < -0.3 is 15.5 Å². The fourth-order valence-corrected chi connectivity index (χ4v) is 3.55. The second kappa shape index (κ2) is 10.2. The van der Waals surface area contributed by atoms with E-state index in [1.165, 1.54) is 5.56 Å². The lowest BCUT2D eigenvalue weighted by molar-refractivity contribution is 0.380. The first-order chi connectivity index (χ1) is 11.7. The molecule has 5 nitrogen and oxygen atoms in total. The highest BCUT2D eigenvalue weighted by molar-refractivity contribution is 14.0. The topological polar surface area (TPSA) is 57.8 Å². The van der Waals surface area contributed by atoms with E-state index in [2.05, 4.69) is 31.9 Å². The fourth-order valence-electron chi connectivity index (χ4n) is 2.73. The summed E-state index contributed by atoms with van der Waals surface area (Å²) in [6.45, 7) is 4.42. The predicted molar refractivity (Wildman–Crippen MR) is 118 cm³/mol. The molecule has 0 amide bonds. The lowest BCUT2D eigenvalue weighted by atomic mass is 10.1. The zero-order valence-corrected chi connectivity index (χ0v) is 17.9. The van der Waals surface area contributed by atoms with Gasteiger partial charge in [-0.1, -0.05) is 23.7 Å². The summed E-state index contributed by atoms with van der Waals surface area (Å²) in [7, 11) is 0. The third-order valence-corrected chi connectivity index (χ3v) is 5.19. The molecule has 1 aromatic carbocycles. The minimum absolute atomic E-state index is 0. The first-order valence-corrected chi connectivity index (χ1v) is 9.42. The summed E-state index contributed by atoms with van der Waals surface area (Å²) < 4.78 is 0. The van der Waals surface area contributed by atoms with Gasteiger partial charge in [-0.05, 0) is 30.5 Å². The molecule has 8 heteroatoms. The molecular weight excluding hydrogens is 469 g/mol. The van der Waals surface area contributed by atoms with Gasteiger partial charge in [0.1, 0.15) is 0 Å². The number of benzene rings is 1. The van der Waals surface area contributed by atoms with E-state index in [1.54, 1.807) is 11.3 Å². The number of thiazole rings is 1. The summed E-state index contributed by atoms with van der Waals surface area (Å²) in [5.41, 5.74) is 7.42. The SMILES string of the molecule is I.NC(=NCCCc1ccc(Cl)cc1)N1CCN(c2nccs2)CC1. The van der Waals surface area contributed by atoms with Crippen LogP contribution in [0.25, 0.3) is 0 Å². The molecule has 1 aliphatic rings. The van der Waals surface area contributed by atoms with Crippen molar-refractivity contribution >= 4 is 58.0 Å². The number of halogens is 2.